The summed E-state index contributed by atoms with van der Waals surface area (Å²) in [4.78, 5) is 24.6. The van der Waals surface area contributed by atoms with Gasteiger partial charge in [-0.1, -0.05) is 15.9 Å². The fourth-order valence-corrected chi connectivity index (χ4v) is 2.15. The summed E-state index contributed by atoms with van der Waals surface area (Å²) in [6.07, 6.45) is 0.725. The Morgan fingerprint density at radius 2 is 1.94 bits per heavy atom. The number of ketones is 1. The fraction of sp³-hybridized carbons (Fsp3) is 0.333. The van der Waals surface area contributed by atoms with E-state index in [4.69, 9.17) is 0 Å². The molecule has 5 heteroatoms. The number of hydrogen-bond donors (Lipinski definition) is 0. The molecule has 1 aliphatic rings. The maximum atomic E-state index is 13.5. The number of Topliss-reactive ketones (excluding diaryl/α,β-unsaturated/α-hetero) is 1. The Labute approximate surface area is 107 Å². The SMILES string of the molecule is O=C1CCN(C(=O)c2cc(Br)ccc2F)CC1. The van der Waals surface area contributed by atoms with Gasteiger partial charge in [-0.3, -0.25) is 9.59 Å². The van der Waals surface area contributed by atoms with Gasteiger partial charge in [-0.15, -0.1) is 0 Å². The largest absolute Gasteiger partial charge is 0.338 e. The van der Waals surface area contributed by atoms with Crippen LogP contribution in [0.25, 0.3) is 0 Å². The van der Waals surface area contributed by atoms with Crippen LogP contribution in [0.15, 0.2) is 22.7 Å². The molecule has 0 radical (unpaired) electrons. The van der Waals surface area contributed by atoms with E-state index in [1.165, 1.54) is 17.0 Å². The Kier molecular flexibility index (Phi) is 3.57. The summed E-state index contributed by atoms with van der Waals surface area (Å²) in [7, 11) is 0. The predicted octanol–water partition coefficient (Wildman–Crippen LogP) is 2.39. The second-order valence-corrected chi connectivity index (χ2v) is 4.87. The van der Waals surface area contributed by atoms with Gasteiger partial charge in [0.05, 0.1) is 5.56 Å². The molecule has 2 rings (SSSR count). The lowest BCUT2D eigenvalue weighted by Crippen LogP contribution is -2.38. The van der Waals surface area contributed by atoms with E-state index in [1.54, 1.807) is 6.07 Å². The van der Waals surface area contributed by atoms with Crippen LogP contribution in [-0.2, 0) is 4.79 Å². The minimum absolute atomic E-state index is 0.0497. The number of hydrogen-bond acceptors (Lipinski definition) is 2. The number of halogens is 2. The molecular weight excluding hydrogens is 289 g/mol. The van der Waals surface area contributed by atoms with Crippen molar-refractivity contribution in [3.63, 3.8) is 0 Å². The van der Waals surface area contributed by atoms with Crippen LogP contribution in [0.1, 0.15) is 23.2 Å². The molecule has 1 heterocycles. The molecule has 1 aromatic carbocycles. The molecule has 0 aliphatic carbocycles. The molecule has 3 nitrogen and oxygen atoms in total. The standard InChI is InChI=1S/C12H11BrFNO2/c13-8-1-2-11(14)10(7-8)12(17)15-5-3-9(16)4-6-15/h1-2,7H,3-6H2. The van der Waals surface area contributed by atoms with Gasteiger partial charge in [-0.25, -0.2) is 4.39 Å². The van der Waals surface area contributed by atoms with Gasteiger partial charge in [0.2, 0.25) is 0 Å². The first-order valence-electron chi connectivity index (χ1n) is 5.34. The molecule has 0 aromatic heterocycles. The van der Waals surface area contributed by atoms with Gasteiger partial charge in [0, 0.05) is 30.4 Å². The summed E-state index contributed by atoms with van der Waals surface area (Å²) in [5.41, 5.74) is 0.0497. The number of carbonyl (C=O) groups excluding carboxylic acids is 2. The lowest BCUT2D eigenvalue weighted by molar-refractivity contribution is -0.120. The third kappa shape index (κ3) is 2.72. The van der Waals surface area contributed by atoms with E-state index in [-0.39, 0.29) is 17.3 Å². The van der Waals surface area contributed by atoms with E-state index in [2.05, 4.69) is 15.9 Å². The zero-order valence-corrected chi connectivity index (χ0v) is 10.7. The summed E-state index contributed by atoms with van der Waals surface area (Å²) < 4.78 is 14.2. The van der Waals surface area contributed by atoms with Crippen LogP contribution in [0.2, 0.25) is 0 Å². The molecule has 0 atom stereocenters. The number of likely N-dealkylation sites (tertiary alicyclic amines) is 1. The number of carbonyl (C=O) groups is 2. The number of benzene rings is 1. The van der Waals surface area contributed by atoms with E-state index in [0.717, 1.165) is 0 Å². The smallest absolute Gasteiger partial charge is 0.256 e. The van der Waals surface area contributed by atoms with Crippen molar-refractivity contribution in [3.05, 3.63) is 34.1 Å². The monoisotopic (exact) mass is 299 g/mol. The topological polar surface area (TPSA) is 37.4 Å². The van der Waals surface area contributed by atoms with Gasteiger partial charge in [0.25, 0.3) is 5.91 Å². The molecule has 0 spiro atoms. The van der Waals surface area contributed by atoms with Crippen LogP contribution in [0.3, 0.4) is 0 Å². The summed E-state index contributed by atoms with van der Waals surface area (Å²) in [5, 5.41) is 0. The normalized spacial score (nSPS) is 16.1. The van der Waals surface area contributed by atoms with Gasteiger partial charge in [-0.05, 0) is 18.2 Å². The highest BCUT2D eigenvalue weighted by Gasteiger charge is 2.23. The van der Waals surface area contributed by atoms with Crippen LogP contribution in [0.4, 0.5) is 4.39 Å². The van der Waals surface area contributed by atoms with Crippen LogP contribution in [0.5, 0.6) is 0 Å². The second kappa shape index (κ2) is 4.96. The number of nitrogens with zero attached hydrogens (tertiary/aromatic N) is 1. The highest BCUT2D eigenvalue weighted by Crippen LogP contribution is 2.18. The zero-order valence-electron chi connectivity index (χ0n) is 9.08. The zero-order chi connectivity index (χ0) is 12.4. The van der Waals surface area contributed by atoms with Crippen molar-refractivity contribution in [1.82, 2.24) is 4.90 Å². The minimum atomic E-state index is -0.532. The highest BCUT2D eigenvalue weighted by atomic mass is 79.9. The third-order valence-electron chi connectivity index (χ3n) is 2.77. The lowest BCUT2D eigenvalue weighted by Gasteiger charge is -2.26. The second-order valence-electron chi connectivity index (χ2n) is 3.96. The summed E-state index contributed by atoms with van der Waals surface area (Å²) >= 11 is 3.21. The van der Waals surface area contributed by atoms with Gasteiger partial charge in [0.15, 0.2) is 0 Å². The fourth-order valence-electron chi connectivity index (χ4n) is 1.79. The number of piperidine rings is 1. The van der Waals surface area contributed by atoms with Crippen LogP contribution >= 0.6 is 15.9 Å². The Bertz CT molecular complexity index is 466. The van der Waals surface area contributed by atoms with Crippen LogP contribution in [-0.4, -0.2) is 29.7 Å². The van der Waals surface area contributed by atoms with Crippen molar-refractivity contribution >= 4 is 27.6 Å². The van der Waals surface area contributed by atoms with Crippen molar-refractivity contribution in [3.8, 4) is 0 Å². The van der Waals surface area contributed by atoms with E-state index < -0.39 is 5.82 Å². The van der Waals surface area contributed by atoms with Crippen LogP contribution < -0.4 is 0 Å². The average Bonchev–Trinajstić information content (AvgIpc) is 2.32. The average molecular weight is 300 g/mol. The Hall–Kier alpha value is -1.23. The maximum absolute atomic E-state index is 13.5. The molecule has 1 amide bonds. The molecule has 1 saturated heterocycles. The number of amides is 1. The Morgan fingerprint density at radius 1 is 1.29 bits per heavy atom. The van der Waals surface area contributed by atoms with Gasteiger partial charge >= 0.3 is 0 Å². The molecule has 0 N–H and O–H groups in total. The van der Waals surface area contributed by atoms with Crippen molar-refractivity contribution in [1.29, 1.82) is 0 Å². The Balaban J connectivity index is 2.19. The first-order valence-corrected chi connectivity index (χ1v) is 6.13. The van der Waals surface area contributed by atoms with Gasteiger partial charge in [0.1, 0.15) is 11.6 Å². The maximum Gasteiger partial charge on any atom is 0.256 e. The summed E-state index contributed by atoms with van der Waals surface area (Å²) in [5.74, 6) is -0.727. The molecule has 17 heavy (non-hydrogen) atoms. The van der Waals surface area contributed by atoms with Crippen molar-refractivity contribution < 1.29 is 14.0 Å². The van der Waals surface area contributed by atoms with Crippen molar-refractivity contribution in [2.24, 2.45) is 0 Å². The van der Waals surface area contributed by atoms with E-state index in [9.17, 15) is 14.0 Å². The molecule has 1 aromatic rings. The van der Waals surface area contributed by atoms with Crippen molar-refractivity contribution in [2.75, 3.05) is 13.1 Å². The molecular formula is C12H11BrFNO2. The first-order chi connectivity index (χ1) is 8.08. The third-order valence-corrected chi connectivity index (χ3v) is 3.26. The molecule has 0 unspecified atom stereocenters. The minimum Gasteiger partial charge on any atom is -0.338 e. The molecule has 1 aliphatic heterocycles. The molecule has 1 fully saturated rings. The quantitative estimate of drug-likeness (QED) is 0.798. The van der Waals surface area contributed by atoms with Crippen LogP contribution in [0, 0.1) is 5.82 Å². The summed E-state index contributed by atoms with van der Waals surface area (Å²) in [6.45, 7) is 0.757. The van der Waals surface area contributed by atoms with Gasteiger partial charge in [-0.2, -0.15) is 0 Å². The molecule has 0 bridgehead atoms. The van der Waals surface area contributed by atoms with Crippen molar-refractivity contribution in [2.45, 2.75) is 12.8 Å². The van der Waals surface area contributed by atoms with E-state index in [0.29, 0.717) is 30.4 Å². The van der Waals surface area contributed by atoms with E-state index in [1.807, 2.05) is 0 Å². The highest BCUT2D eigenvalue weighted by molar-refractivity contribution is 9.10. The Morgan fingerprint density at radius 3 is 2.59 bits per heavy atom. The molecule has 90 valence electrons. The lowest BCUT2D eigenvalue weighted by atomic mass is 10.1. The number of rotatable bonds is 1. The molecule has 0 saturated carbocycles. The van der Waals surface area contributed by atoms with E-state index >= 15 is 0 Å². The summed E-state index contributed by atoms with van der Waals surface area (Å²) in [6, 6.07) is 4.27. The predicted molar refractivity (Wildman–Crippen MR) is 64.2 cm³/mol. The van der Waals surface area contributed by atoms with Gasteiger partial charge < -0.3 is 4.90 Å². The first kappa shape index (κ1) is 12.2.